The van der Waals surface area contributed by atoms with Gasteiger partial charge in [-0.3, -0.25) is 4.79 Å². The van der Waals surface area contributed by atoms with Crippen molar-refractivity contribution >= 4 is 11.8 Å². The number of ether oxygens (including phenoxy) is 5. The molecule has 224 valence electrons. The Morgan fingerprint density at radius 2 is 1.33 bits per heavy atom. The number of Topliss-reactive ketones (excluding diaryl/α,β-unsaturated/α-hetero) is 1. The molecule has 1 aromatic heterocycles. The largest absolute Gasteiger partial charge is 0.573 e. The van der Waals surface area contributed by atoms with Crippen molar-refractivity contribution in [1.82, 2.24) is 9.97 Å². The van der Waals surface area contributed by atoms with E-state index in [2.05, 4.69) is 14.7 Å². The Kier molecular flexibility index (Phi) is 9.46. The van der Waals surface area contributed by atoms with Gasteiger partial charge in [0.15, 0.2) is 11.4 Å². The van der Waals surface area contributed by atoms with Crippen LogP contribution in [0.4, 0.5) is 13.2 Å². The molecule has 0 saturated heterocycles. The summed E-state index contributed by atoms with van der Waals surface area (Å²) in [5.74, 6) is -2.59. The van der Waals surface area contributed by atoms with Crippen LogP contribution in [-0.2, 0) is 15.1 Å². The van der Waals surface area contributed by atoms with Crippen LogP contribution in [0.5, 0.6) is 23.5 Å². The topological polar surface area (TPSA) is 126 Å². The summed E-state index contributed by atoms with van der Waals surface area (Å²) in [5.41, 5.74) is -1.35. The average Bonchev–Trinajstić information content (AvgIpc) is 3.01. The molecule has 13 heteroatoms. The number of hydrogen-bond acceptors (Lipinski definition) is 9. The van der Waals surface area contributed by atoms with Gasteiger partial charge in [0.25, 0.3) is 0 Å². The van der Waals surface area contributed by atoms with Crippen LogP contribution < -0.4 is 18.9 Å². The molecule has 4 rings (SSSR count). The van der Waals surface area contributed by atoms with E-state index in [1.54, 1.807) is 60.7 Å². The lowest BCUT2D eigenvalue weighted by molar-refractivity contribution is -0.274. The van der Waals surface area contributed by atoms with Gasteiger partial charge in [0.1, 0.15) is 12.4 Å². The number of carbonyl (C=O) groups is 2. The number of alkyl halides is 3. The number of halogens is 3. The van der Waals surface area contributed by atoms with Gasteiger partial charge in [-0.25, -0.2) is 4.79 Å². The van der Waals surface area contributed by atoms with Gasteiger partial charge in [-0.1, -0.05) is 60.7 Å². The Balaban J connectivity index is 1.79. The van der Waals surface area contributed by atoms with Crippen LogP contribution in [0.25, 0.3) is 0 Å². The van der Waals surface area contributed by atoms with E-state index in [1.807, 2.05) is 0 Å². The predicted molar refractivity (Wildman–Crippen MR) is 144 cm³/mol. The first-order chi connectivity index (χ1) is 20.6. The number of benzene rings is 3. The number of aliphatic carboxylic acids is 1. The second-order valence-corrected chi connectivity index (χ2v) is 8.82. The lowest BCUT2D eigenvalue weighted by atomic mass is 9.81. The third kappa shape index (κ3) is 7.38. The molecular weight excluding hydrogens is 573 g/mol. The summed E-state index contributed by atoms with van der Waals surface area (Å²) in [4.78, 5) is 34.4. The highest BCUT2D eigenvalue weighted by molar-refractivity contribution is 5.97. The van der Waals surface area contributed by atoms with E-state index in [0.717, 1.165) is 24.3 Å². The molecule has 1 N–H and O–H groups in total. The van der Waals surface area contributed by atoms with Crippen molar-refractivity contribution in [2.75, 3.05) is 20.8 Å². The van der Waals surface area contributed by atoms with Gasteiger partial charge in [-0.15, -0.1) is 13.2 Å². The lowest BCUT2D eigenvalue weighted by Gasteiger charge is -2.38. The normalized spacial score (nSPS) is 12.2. The zero-order valence-corrected chi connectivity index (χ0v) is 22.8. The van der Waals surface area contributed by atoms with Crippen molar-refractivity contribution in [1.29, 1.82) is 0 Å². The average molecular weight is 599 g/mol. The van der Waals surface area contributed by atoms with Crippen molar-refractivity contribution < 1.29 is 51.6 Å². The number of ketones is 1. The second-order valence-electron chi connectivity index (χ2n) is 8.82. The summed E-state index contributed by atoms with van der Waals surface area (Å²) in [6, 6.07) is 21.7. The molecule has 0 bridgehead atoms. The summed E-state index contributed by atoms with van der Waals surface area (Å²) in [7, 11) is 2.68. The van der Waals surface area contributed by atoms with Crippen molar-refractivity contribution in [3.63, 3.8) is 0 Å². The van der Waals surface area contributed by atoms with Crippen LogP contribution in [0.2, 0.25) is 0 Å². The summed E-state index contributed by atoms with van der Waals surface area (Å²) in [6.07, 6.45) is -6.79. The smallest absolute Gasteiger partial charge is 0.481 e. The maximum Gasteiger partial charge on any atom is 0.573 e. The molecule has 0 radical (unpaired) electrons. The highest BCUT2D eigenvalue weighted by Crippen LogP contribution is 2.40. The summed E-state index contributed by atoms with van der Waals surface area (Å²) in [5, 5.41) is 10.5. The number of carboxylic acids is 1. The maximum atomic E-state index is 13.2. The molecule has 0 amide bonds. The van der Waals surface area contributed by atoms with Crippen LogP contribution in [0.3, 0.4) is 0 Å². The molecule has 1 atom stereocenters. The van der Waals surface area contributed by atoms with Crippen molar-refractivity contribution in [3.05, 3.63) is 108 Å². The Morgan fingerprint density at radius 1 is 0.814 bits per heavy atom. The summed E-state index contributed by atoms with van der Waals surface area (Å²) < 4.78 is 64.0. The second kappa shape index (κ2) is 13.2. The minimum absolute atomic E-state index is 0.00166. The molecular formula is C30H25F3N2O8. The quantitative estimate of drug-likeness (QED) is 0.209. The molecule has 0 fully saturated rings. The third-order valence-electron chi connectivity index (χ3n) is 6.14. The van der Waals surface area contributed by atoms with Crippen molar-refractivity contribution in [2.24, 2.45) is 0 Å². The van der Waals surface area contributed by atoms with E-state index < -0.39 is 48.2 Å². The highest BCUT2D eigenvalue weighted by Gasteiger charge is 2.50. The molecule has 1 heterocycles. The van der Waals surface area contributed by atoms with Gasteiger partial charge in [0.05, 0.1) is 20.3 Å². The van der Waals surface area contributed by atoms with E-state index in [0.29, 0.717) is 11.1 Å². The van der Waals surface area contributed by atoms with E-state index in [4.69, 9.17) is 18.9 Å². The Bertz CT molecular complexity index is 1470. The third-order valence-corrected chi connectivity index (χ3v) is 6.14. The molecule has 10 nitrogen and oxygen atoms in total. The Labute approximate surface area is 243 Å². The number of methoxy groups -OCH3 is 2. The fourth-order valence-corrected chi connectivity index (χ4v) is 4.25. The van der Waals surface area contributed by atoms with E-state index in [9.17, 15) is 27.9 Å². The number of nitrogens with zero attached hydrogens (tertiary/aromatic N) is 2. The summed E-state index contributed by atoms with van der Waals surface area (Å²) >= 11 is 0. The fourth-order valence-electron chi connectivity index (χ4n) is 4.25. The van der Waals surface area contributed by atoms with Crippen LogP contribution in [0.1, 0.15) is 21.5 Å². The molecule has 3 aromatic carbocycles. The van der Waals surface area contributed by atoms with E-state index in [-0.39, 0.29) is 17.3 Å². The van der Waals surface area contributed by atoms with Gasteiger partial charge in [-0.05, 0) is 35.4 Å². The number of rotatable bonds is 13. The van der Waals surface area contributed by atoms with Gasteiger partial charge in [0.2, 0.25) is 17.9 Å². The van der Waals surface area contributed by atoms with Gasteiger partial charge in [0, 0.05) is 5.56 Å². The molecule has 0 aliphatic carbocycles. The SMILES string of the molecule is COc1cc(OC)nc(OC(C(=O)O)C(OCC(=O)c2ccc(OC(F)(F)F)cc2)(c2ccccc2)c2ccccc2)n1. The van der Waals surface area contributed by atoms with Gasteiger partial charge < -0.3 is 28.8 Å². The standard InChI is InChI=1S/C30H25F3N2O8/c1-39-24-17-25(40-2)35-28(34-24)42-26(27(37)38)29(20-9-5-3-6-10-20,21-11-7-4-8-12-21)41-18-23(36)19-13-15-22(16-14-19)43-30(31,32)33/h3-17,26H,18H2,1-2H3,(H,37,38). The van der Waals surface area contributed by atoms with Crippen LogP contribution >= 0.6 is 0 Å². The van der Waals surface area contributed by atoms with Crippen molar-refractivity contribution in [2.45, 2.75) is 18.1 Å². The Morgan fingerprint density at radius 3 is 1.77 bits per heavy atom. The molecule has 4 aromatic rings. The molecule has 1 unspecified atom stereocenters. The fraction of sp³-hybridized carbons (Fsp3) is 0.200. The number of carbonyl (C=O) groups excluding carboxylic acids is 1. The van der Waals surface area contributed by atoms with Crippen molar-refractivity contribution in [3.8, 4) is 23.5 Å². The van der Waals surface area contributed by atoms with Gasteiger partial charge >= 0.3 is 18.3 Å². The number of aromatic nitrogens is 2. The zero-order chi connectivity index (χ0) is 31.0. The highest BCUT2D eigenvalue weighted by atomic mass is 19.4. The Hall–Kier alpha value is -5.17. The van der Waals surface area contributed by atoms with E-state index in [1.165, 1.54) is 20.3 Å². The summed E-state index contributed by atoms with van der Waals surface area (Å²) in [6.45, 7) is -0.696. The van der Waals surface area contributed by atoms with Crippen LogP contribution in [-0.4, -0.2) is 60.1 Å². The lowest BCUT2D eigenvalue weighted by Crippen LogP contribution is -2.52. The maximum absolute atomic E-state index is 13.2. The zero-order valence-electron chi connectivity index (χ0n) is 22.8. The number of hydrogen-bond donors (Lipinski definition) is 1. The van der Waals surface area contributed by atoms with E-state index >= 15 is 0 Å². The first kappa shape index (κ1) is 30.8. The van der Waals surface area contributed by atoms with Gasteiger partial charge in [-0.2, -0.15) is 9.97 Å². The minimum Gasteiger partial charge on any atom is -0.481 e. The minimum atomic E-state index is -4.90. The molecule has 43 heavy (non-hydrogen) atoms. The first-order valence-corrected chi connectivity index (χ1v) is 12.6. The molecule has 0 aliphatic rings. The first-order valence-electron chi connectivity index (χ1n) is 12.6. The molecule has 0 spiro atoms. The van der Waals surface area contributed by atoms with Crippen LogP contribution in [0, 0.1) is 0 Å². The predicted octanol–water partition coefficient (Wildman–Crippen LogP) is 5.07. The van der Waals surface area contributed by atoms with Crippen LogP contribution in [0.15, 0.2) is 91.0 Å². The monoisotopic (exact) mass is 598 g/mol. The molecule has 0 aliphatic heterocycles. The molecule has 0 saturated carbocycles. The number of carboxylic acid groups (broad SMARTS) is 1.